The Bertz CT molecular complexity index is 465. The Morgan fingerprint density at radius 2 is 1.52 bits per heavy atom. The first-order valence-electron chi connectivity index (χ1n) is 8.07. The molecule has 1 N–H and O–H groups in total. The van der Waals surface area contributed by atoms with Gasteiger partial charge in [0.15, 0.2) is 0 Å². The van der Waals surface area contributed by atoms with Crippen molar-refractivity contribution >= 4 is 16.2 Å². The molecule has 0 fully saturated rings. The van der Waals surface area contributed by atoms with Crippen molar-refractivity contribution in [2.45, 2.75) is 79.1 Å². The molecule has 0 unspecified atom stereocenters. The van der Waals surface area contributed by atoms with Gasteiger partial charge in [0.25, 0.3) is 10.1 Å². The number of nitrogens with one attached hydrogen (secondary N) is 1. The lowest BCUT2D eigenvalue weighted by atomic mass is 9.94. The zero-order valence-electron chi connectivity index (χ0n) is 15.7. The van der Waals surface area contributed by atoms with Gasteiger partial charge in [0.1, 0.15) is 5.60 Å². The molecule has 0 aromatic rings. The van der Waals surface area contributed by atoms with Crippen LogP contribution < -0.4 is 5.32 Å². The standard InChI is InChI=1S/C16H33NO5S/c1-11(2)9-13(17-15(18)21-16(5,6)7)14(10-12(3)4)22-23(8,19)20/h11-14H,9-10H2,1-8H3,(H,17,18)/t13-,14+/m0/s1. The number of amides is 1. The van der Waals surface area contributed by atoms with Gasteiger partial charge < -0.3 is 10.1 Å². The van der Waals surface area contributed by atoms with Crippen LogP contribution in [0, 0.1) is 11.8 Å². The average Bonchev–Trinajstić information content (AvgIpc) is 2.20. The predicted octanol–water partition coefficient (Wildman–Crippen LogP) is 3.32. The molecule has 6 nitrogen and oxygen atoms in total. The zero-order valence-corrected chi connectivity index (χ0v) is 16.5. The zero-order chi connectivity index (χ0) is 18.4. The molecule has 0 spiro atoms. The fraction of sp³-hybridized carbons (Fsp3) is 0.938. The molecular weight excluding hydrogens is 318 g/mol. The van der Waals surface area contributed by atoms with Gasteiger partial charge in [-0.3, -0.25) is 4.18 Å². The van der Waals surface area contributed by atoms with Crippen LogP contribution in [0.2, 0.25) is 0 Å². The van der Waals surface area contributed by atoms with Crippen LogP contribution in [0.4, 0.5) is 4.79 Å². The smallest absolute Gasteiger partial charge is 0.407 e. The Kier molecular flexibility index (Phi) is 8.56. The predicted molar refractivity (Wildman–Crippen MR) is 91.8 cm³/mol. The molecule has 0 aliphatic carbocycles. The van der Waals surface area contributed by atoms with E-state index in [1.54, 1.807) is 20.8 Å². The van der Waals surface area contributed by atoms with Gasteiger partial charge in [0, 0.05) is 0 Å². The molecule has 1 amide bonds. The molecule has 0 aliphatic rings. The first-order chi connectivity index (χ1) is 10.2. The van der Waals surface area contributed by atoms with Crippen LogP contribution >= 0.6 is 0 Å². The second-order valence-electron chi connectivity index (χ2n) is 7.85. The van der Waals surface area contributed by atoms with Crippen molar-refractivity contribution in [3.63, 3.8) is 0 Å². The van der Waals surface area contributed by atoms with Crippen molar-refractivity contribution in [3.8, 4) is 0 Å². The normalized spacial score (nSPS) is 15.6. The SMILES string of the molecule is CC(C)C[C@H](NC(=O)OC(C)(C)C)[C@@H](CC(C)C)OS(C)(=O)=O. The van der Waals surface area contributed by atoms with Crippen molar-refractivity contribution in [2.75, 3.05) is 6.26 Å². The van der Waals surface area contributed by atoms with Gasteiger partial charge >= 0.3 is 6.09 Å². The molecule has 23 heavy (non-hydrogen) atoms. The average molecular weight is 352 g/mol. The van der Waals surface area contributed by atoms with Gasteiger partial charge in [-0.05, 0) is 45.4 Å². The highest BCUT2D eigenvalue weighted by molar-refractivity contribution is 7.86. The van der Waals surface area contributed by atoms with Gasteiger partial charge in [-0.25, -0.2) is 4.79 Å². The second kappa shape index (κ2) is 8.87. The molecule has 138 valence electrons. The van der Waals surface area contributed by atoms with Crippen molar-refractivity contribution in [1.82, 2.24) is 5.32 Å². The third kappa shape index (κ3) is 12.3. The third-order valence-electron chi connectivity index (χ3n) is 2.88. The summed E-state index contributed by atoms with van der Waals surface area (Å²) in [4.78, 5) is 12.1. The number of carbonyl (C=O) groups excluding carboxylic acids is 1. The molecule has 0 heterocycles. The molecule has 0 aromatic heterocycles. The van der Waals surface area contributed by atoms with Crippen LogP contribution in [0.15, 0.2) is 0 Å². The topological polar surface area (TPSA) is 81.7 Å². The minimum Gasteiger partial charge on any atom is -0.444 e. The Morgan fingerprint density at radius 3 is 1.87 bits per heavy atom. The highest BCUT2D eigenvalue weighted by Crippen LogP contribution is 2.20. The van der Waals surface area contributed by atoms with E-state index in [0.29, 0.717) is 12.8 Å². The number of hydrogen-bond acceptors (Lipinski definition) is 5. The minimum atomic E-state index is -3.61. The minimum absolute atomic E-state index is 0.233. The van der Waals surface area contributed by atoms with Crippen LogP contribution in [0.1, 0.15) is 61.3 Å². The van der Waals surface area contributed by atoms with Crippen molar-refractivity contribution in [3.05, 3.63) is 0 Å². The van der Waals surface area contributed by atoms with E-state index in [1.165, 1.54) is 0 Å². The molecule has 0 aliphatic heterocycles. The summed E-state index contributed by atoms with van der Waals surface area (Å²) in [6, 6.07) is -0.429. The number of hydrogen-bond donors (Lipinski definition) is 1. The summed E-state index contributed by atoms with van der Waals surface area (Å²) in [7, 11) is -3.61. The first-order valence-corrected chi connectivity index (χ1v) is 9.89. The van der Waals surface area contributed by atoms with Gasteiger partial charge in [0.05, 0.1) is 18.4 Å². The van der Waals surface area contributed by atoms with E-state index in [2.05, 4.69) is 5.32 Å². The number of rotatable bonds is 8. The van der Waals surface area contributed by atoms with Gasteiger partial charge in [-0.1, -0.05) is 27.7 Å². The molecule has 0 radical (unpaired) electrons. The maximum absolute atomic E-state index is 12.1. The van der Waals surface area contributed by atoms with Crippen LogP contribution in [-0.4, -0.2) is 38.5 Å². The van der Waals surface area contributed by atoms with Gasteiger partial charge in [0.2, 0.25) is 0 Å². The number of ether oxygens (including phenoxy) is 1. The molecule has 7 heteroatoms. The van der Waals surface area contributed by atoms with E-state index >= 15 is 0 Å². The summed E-state index contributed by atoms with van der Waals surface area (Å²) in [5, 5.41) is 2.78. The van der Waals surface area contributed by atoms with Gasteiger partial charge in [-0.2, -0.15) is 8.42 Å². The van der Waals surface area contributed by atoms with E-state index in [0.717, 1.165) is 6.26 Å². The van der Waals surface area contributed by atoms with Crippen molar-refractivity contribution in [2.24, 2.45) is 11.8 Å². The quantitative estimate of drug-likeness (QED) is 0.678. The lowest BCUT2D eigenvalue weighted by molar-refractivity contribution is 0.0417. The van der Waals surface area contributed by atoms with Gasteiger partial charge in [-0.15, -0.1) is 0 Å². The Hall–Kier alpha value is -0.820. The summed E-state index contributed by atoms with van der Waals surface area (Å²) >= 11 is 0. The van der Waals surface area contributed by atoms with E-state index < -0.39 is 34.0 Å². The fourth-order valence-corrected chi connectivity index (χ4v) is 2.89. The molecular formula is C16H33NO5S. The van der Waals surface area contributed by atoms with Crippen molar-refractivity contribution in [1.29, 1.82) is 0 Å². The number of alkyl carbamates (subject to hydrolysis) is 1. The molecule has 0 aromatic carbocycles. The van der Waals surface area contributed by atoms with Crippen LogP contribution in [0.5, 0.6) is 0 Å². The highest BCUT2D eigenvalue weighted by atomic mass is 32.2. The third-order valence-corrected chi connectivity index (χ3v) is 3.48. The Morgan fingerprint density at radius 1 is 1.04 bits per heavy atom. The molecule has 0 saturated heterocycles. The monoisotopic (exact) mass is 351 g/mol. The molecule has 2 atom stereocenters. The van der Waals surface area contributed by atoms with Crippen LogP contribution in [0.3, 0.4) is 0 Å². The summed E-state index contributed by atoms with van der Waals surface area (Å²) in [6.07, 6.45) is 0.987. The molecule has 0 bridgehead atoms. The highest BCUT2D eigenvalue weighted by Gasteiger charge is 2.30. The molecule has 0 saturated carbocycles. The van der Waals surface area contributed by atoms with E-state index in [4.69, 9.17) is 8.92 Å². The fourth-order valence-electron chi connectivity index (χ4n) is 2.23. The summed E-state index contributed by atoms with van der Waals surface area (Å²) in [5.74, 6) is 0.504. The Labute approximate surface area is 141 Å². The maximum Gasteiger partial charge on any atom is 0.407 e. The maximum atomic E-state index is 12.1. The second-order valence-corrected chi connectivity index (χ2v) is 9.45. The Balaban J connectivity index is 5.22. The lowest BCUT2D eigenvalue weighted by Gasteiger charge is -2.30. The first kappa shape index (κ1) is 22.2. The van der Waals surface area contributed by atoms with Crippen LogP contribution in [-0.2, 0) is 19.0 Å². The largest absolute Gasteiger partial charge is 0.444 e. The summed E-state index contributed by atoms with van der Waals surface area (Å²) < 4.78 is 33.6. The van der Waals surface area contributed by atoms with E-state index in [1.807, 2.05) is 27.7 Å². The van der Waals surface area contributed by atoms with Crippen molar-refractivity contribution < 1.29 is 22.1 Å². The lowest BCUT2D eigenvalue weighted by Crippen LogP contribution is -2.48. The van der Waals surface area contributed by atoms with E-state index in [-0.39, 0.29) is 11.8 Å². The molecule has 0 rings (SSSR count). The van der Waals surface area contributed by atoms with Crippen LogP contribution in [0.25, 0.3) is 0 Å². The number of carbonyl (C=O) groups is 1. The summed E-state index contributed by atoms with van der Waals surface area (Å²) in [5.41, 5.74) is -0.613. The van der Waals surface area contributed by atoms with E-state index in [9.17, 15) is 13.2 Å². The summed E-state index contributed by atoms with van der Waals surface area (Å²) in [6.45, 7) is 13.3.